The van der Waals surface area contributed by atoms with E-state index in [2.05, 4.69) is 40.7 Å². The van der Waals surface area contributed by atoms with Crippen LogP contribution in [-0.2, 0) is 0 Å². The molecule has 0 N–H and O–H groups in total. The van der Waals surface area contributed by atoms with E-state index in [1.807, 2.05) is 0 Å². The van der Waals surface area contributed by atoms with Crippen LogP contribution in [0.25, 0.3) is 10.8 Å². The summed E-state index contributed by atoms with van der Waals surface area (Å²) in [5.74, 6) is -1.03. The number of imide groups is 2. The molecule has 6 nitrogen and oxygen atoms in total. The third-order valence-corrected chi connectivity index (χ3v) is 25.8. The van der Waals surface area contributed by atoms with Crippen molar-refractivity contribution < 1.29 is 19.2 Å². The molecule has 0 bridgehead atoms. The van der Waals surface area contributed by atoms with E-state index in [9.17, 15) is 19.2 Å². The Kier molecular flexibility index (Phi) is 13.1. The molecule has 7 heteroatoms. The van der Waals surface area contributed by atoms with Crippen molar-refractivity contribution in [2.45, 2.75) is 138 Å². The van der Waals surface area contributed by atoms with Gasteiger partial charge in [-0.05, 0) is 0 Å². The van der Waals surface area contributed by atoms with Crippen LogP contribution in [-0.4, -0.2) is 64.9 Å². The molecule has 2 aromatic rings. The van der Waals surface area contributed by atoms with E-state index >= 15 is 0 Å². The zero-order valence-corrected chi connectivity index (χ0v) is 31.5. The molecule has 0 spiro atoms. The minimum atomic E-state index is -3.34. The summed E-state index contributed by atoms with van der Waals surface area (Å²) in [6, 6.07) is 5.61. The van der Waals surface area contributed by atoms with Gasteiger partial charge in [0, 0.05) is 0 Å². The fourth-order valence-corrected chi connectivity index (χ4v) is 24.3. The second-order valence-electron chi connectivity index (χ2n) is 13.5. The zero-order chi connectivity index (χ0) is 32.6. The van der Waals surface area contributed by atoms with Crippen LogP contribution in [0.5, 0.6) is 0 Å². The number of nitrogens with zero attached hydrogens (tertiary/aromatic N) is 2. The third-order valence-electron chi connectivity index (χ3n) is 10.2. The van der Waals surface area contributed by atoms with Crippen LogP contribution in [0, 0.1) is 0 Å². The molecule has 2 aromatic carbocycles. The zero-order valence-electron chi connectivity index (χ0n) is 28.7. The minimum absolute atomic E-state index is 0.199. The van der Waals surface area contributed by atoms with E-state index in [1.165, 1.54) is 9.80 Å². The molecule has 0 aromatic heterocycles. The molecule has 0 aliphatic carbocycles. The van der Waals surface area contributed by atoms with Gasteiger partial charge < -0.3 is 0 Å². The topological polar surface area (TPSA) is 74.8 Å². The number of rotatable bonds is 20. The molecule has 45 heavy (non-hydrogen) atoms. The molecule has 2 heterocycles. The van der Waals surface area contributed by atoms with Crippen LogP contribution < -0.4 is 3.58 Å². The van der Waals surface area contributed by atoms with Gasteiger partial charge in [-0.3, -0.25) is 0 Å². The molecule has 2 aliphatic rings. The Morgan fingerprint density at radius 2 is 0.911 bits per heavy atom. The van der Waals surface area contributed by atoms with Crippen molar-refractivity contribution in [3.63, 3.8) is 0 Å². The predicted molar refractivity (Wildman–Crippen MR) is 187 cm³/mol. The molecule has 0 fully saturated rings. The predicted octanol–water partition coefficient (Wildman–Crippen LogP) is 9.25. The quantitative estimate of drug-likeness (QED) is 0.0776. The Morgan fingerprint density at radius 3 is 1.38 bits per heavy atom. The standard InChI is InChI=1S/C26H29N2O4.3C4H9.Sn/c1-3-5-7-9-15-27-23(29)17-11-13-19-22-20(14-12-18(21(17)22)24(27)30)26(32)28(25(19)31)16-10-8-6-4-2;3*1-3-4-2;/h11-13H,3-10,15-16H2,1-2H3;3*1,3-4H2,2H3;. The first-order valence-corrected chi connectivity index (χ1v) is 25.7. The first-order valence-electron chi connectivity index (χ1n) is 18.2. The third kappa shape index (κ3) is 7.21. The van der Waals surface area contributed by atoms with E-state index in [0.717, 1.165) is 107 Å². The maximum atomic E-state index is 14.7. The molecule has 2 aliphatic heterocycles. The van der Waals surface area contributed by atoms with Crippen molar-refractivity contribution in [1.29, 1.82) is 0 Å². The van der Waals surface area contributed by atoms with Crippen LogP contribution in [0.15, 0.2) is 18.2 Å². The Labute approximate surface area is 275 Å². The van der Waals surface area contributed by atoms with E-state index in [-0.39, 0.29) is 23.6 Å². The number of carbonyl (C=O) groups is 4. The van der Waals surface area contributed by atoms with Gasteiger partial charge >= 0.3 is 277 Å². The SMILES string of the molecule is CCCCCCN1C(=O)c2ccc3c4c([c]([Sn]([CH2]CCC)([CH2]CCC)[CH2]CCC)cc(c24)C1=O)C(=O)N(CCCCCC)C3=O. The average Bonchev–Trinajstić information content (AvgIpc) is 3.05. The number of hydrogen-bond donors (Lipinski definition) is 0. The average molecular weight is 724 g/mol. The Balaban J connectivity index is 2.00. The van der Waals surface area contributed by atoms with Gasteiger partial charge in [-0.15, -0.1) is 0 Å². The van der Waals surface area contributed by atoms with Crippen LogP contribution in [0.1, 0.15) is 166 Å². The van der Waals surface area contributed by atoms with Gasteiger partial charge in [0.2, 0.25) is 0 Å². The summed E-state index contributed by atoms with van der Waals surface area (Å²) in [5.41, 5.74) is 2.15. The van der Waals surface area contributed by atoms with Crippen LogP contribution in [0.3, 0.4) is 0 Å². The number of hydrogen-bond acceptors (Lipinski definition) is 4. The molecular weight excluding hydrogens is 667 g/mol. The Hall–Kier alpha value is -2.22. The van der Waals surface area contributed by atoms with Gasteiger partial charge in [0.25, 0.3) is 0 Å². The number of amides is 4. The van der Waals surface area contributed by atoms with Crippen LogP contribution in [0.2, 0.25) is 13.3 Å². The van der Waals surface area contributed by atoms with Gasteiger partial charge in [0.05, 0.1) is 0 Å². The second-order valence-corrected chi connectivity index (χ2v) is 26.6. The molecule has 0 saturated carbocycles. The Morgan fingerprint density at radius 1 is 0.489 bits per heavy atom. The number of benzene rings is 2. The van der Waals surface area contributed by atoms with Crippen molar-refractivity contribution in [2.24, 2.45) is 0 Å². The van der Waals surface area contributed by atoms with E-state index in [1.54, 1.807) is 12.1 Å². The van der Waals surface area contributed by atoms with Gasteiger partial charge in [0.15, 0.2) is 0 Å². The maximum absolute atomic E-state index is 14.7. The fraction of sp³-hybridized carbons (Fsp3) is 0.632. The van der Waals surface area contributed by atoms with Crippen LogP contribution >= 0.6 is 0 Å². The molecule has 4 rings (SSSR count). The summed E-state index contributed by atoms with van der Waals surface area (Å²) in [6.45, 7) is 11.8. The van der Waals surface area contributed by atoms with Crippen molar-refractivity contribution in [3.8, 4) is 0 Å². The van der Waals surface area contributed by atoms with Gasteiger partial charge in [-0.2, -0.15) is 0 Å². The fourth-order valence-electron chi connectivity index (χ4n) is 7.61. The summed E-state index contributed by atoms with van der Waals surface area (Å²) < 4.78 is 4.57. The first-order chi connectivity index (χ1) is 21.8. The van der Waals surface area contributed by atoms with Crippen molar-refractivity contribution in [3.05, 3.63) is 40.5 Å². The van der Waals surface area contributed by atoms with Gasteiger partial charge in [0.1, 0.15) is 0 Å². The van der Waals surface area contributed by atoms with Crippen LogP contribution in [0.4, 0.5) is 0 Å². The summed E-state index contributed by atoms with van der Waals surface area (Å²) in [6.07, 6.45) is 14.5. The summed E-state index contributed by atoms with van der Waals surface area (Å²) >= 11 is -3.34. The van der Waals surface area contributed by atoms with Crippen molar-refractivity contribution in [2.75, 3.05) is 13.1 Å². The van der Waals surface area contributed by atoms with Crippen molar-refractivity contribution >= 4 is 56.4 Å². The molecule has 4 amide bonds. The molecule has 0 atom stereocenters. The first kappa shape index (κ1) is 35.6. The van der Waals surface area contributed by atoms with E-state index in [0.29, 0.717) is 46.1 Å². The molecule has 0 unspecified atom stereocenters. The van der Waals surface area contributed by atoms with Crippen molar-refractivity contribution in [1.82, 2.24) is 9.80 Å². The molecule has 246 valence electrons. The summed E-state index contributed by atoms with van der Waals surface area (Å²) in [5, 5.41) is 1.14. The summed E-state index contributed by atoms with van der Waals surface area (Å²) in [7, 11) is 0. The van der Waals surface area contributed by atoms with Gasteiger partial charge in [-0.25, -0.2) is 0 Å². The number of carbonyl (C=O) groups excluding carboxylic acids is 4. The molecule has 0 saturated heterocycles. The second kappa shape index (κ2) is 16.6. The number of unbranched alkanes of at least 4 members (excludes halogenated alkanes) is 9. The normalized spacial score (nSPS) is 14.8. The Bertz CT molecular complexity index is 1380. The van der Waals surface area contributed by atoms with Gasteiger partial charge in [-0.1, -0.05) is 0 Å². The van der Waals surface area contributed by atoms with E-state index < -0.39 is 18.4 Å². The van der Waals surface area contributed by atoms with E-state index in [4.69, 9.17) is 0 Å². The summed E-state index contributed by atoms with van der Waals surface area (Å²) in [4.78, 5) is 59.9. The molecule has 0 radical (unpaired) electrons. The molecular formula is C38H56N2O4Sn. The monoisotopic (exact) mass is 724 g/mol.